The van der Waals surface area contributed by atoms with Gasteiger partial charge in [0.25, 0.3) is 10.0 Å². The van der Waals surface area contributed by atoms with Gasteiger partial charge < -0.3 is 9.84 Å². The Hall–Kier alpha value is -1.94. The van der Waals surface area contributed by atoms with E-state index in [9.17, 15) is 13.2 Å². The number of carboxylic acid groups (broad SMARTS) is 1. The molecule has 3 aromatic rings. The molecular formula is C22H24BrNO5S2. The molecule has 31 heavy (non-hydrogen) atoms. The van der Waals surface area contributed by atoms with Crippen molar-refractivity contribution in [3.05, 3.63) is 58.6 Å². The molecule has 0 saturated heterocycles. The average Bonchev–Trinajstić information content (AvgIpc) is 3.03. The molecule has 1 heterocycles. The van der Waals surface area contributed by atoms with Crippen molar-refractivity contribution in [2.75, 3.05) is 17.5 Å². The maximum Gasteiger partial charge on any atom is 0.335 e. The quantitative estimate of drug-likeness (QED) is 0.377. The Morgan fingerprint density at radius 2 is 1.77 bits per heavy atom. The van der Waals surface area contributed by atoms with Gasteiger partial charge in [0, 0.05) is 23.2 Å². The molecule has 0 atom stereocenters. The third-order valence-corrected chi connectivity index (χ3v) is 8.66. The van der Waals surface area contributed by atoms with Crippen LogP contribution in [0.15, 0.2) is 57.9 Å². The van der Waals surface area contributed by atoms with Gasteiger partial charge in [-0.05, 0) is 73.5 Å². The van der Waals surface area contributed by atoms with E-state index in [1.807, 2.05) is 45.0 Å². The molecule has 1 N–H and O–H groups in total. The number of nitrogens with zero attached hydrogens (tertiary/aromatic N) is 1. The smallest absolute Gasteiger partial charge is 0.335 e. The molecule has 6 nitrogen and oxygen atoms in total. The minimum absolute atomic E-state index is 0.0344. The zero-order valence-corrected chi connectivity index (χ0v) is 20.7. The highest BCUT2D eigenvalue weighted by molar-refractivity contribution is 9.10. The number of sulfonamides is 1. The summed E-state index contributed by atoms with van der Waals surface area (Å²) in [6, 6.07) is 13.0. The lowest BCUT2D eigenvalue weighted by Crippen LogP contribution is -2.33. The number of anilines is 1. The predicted molar refractivity (Wildman–Crippen MR) is 128 cm³/mol. The number of fused-ring (bicyclic) bond motifs is 1. The lowest BCUT2D eigenvalue weighted by atomic mass is 10.2. The third-order valence-electron chi connectivity index (χ3n) is 4.47. The monoisotopic (exact) mass is 525 g/mol. The molecule has 0 aliphatic carbocycles. The lowest BCUT2D eigenvalue weighted by molar-refractivity contribution is -0.00302. The highest BCUT2D eigenvalue weighted by Gasteiger charge is 2.29. The van der Waals surface area contributed by atoms with Crippen molar-refractivity contribution in [2.45, 2.75) is 37.7 Å². The van der Waals surface area contributed by atoms with Crippen LogP contribution < -0.4 is 4.31 Å². The van der Waals surface area contributed by atoms with E-state index < -0.39 is 16.0 Å². The van der Waals surface area contributed by atoms with E-state index in [0.29, 0.717) is 18.0 Å². The summed E-state index contributed by atoms with van der Waals surface area (Å²) in [5.41, 5.74) is -0.277. The van der Waals surface area contributed by atoms with Gasteiger partial charge in [-0.1, -0.05) is 18.2 Å². The number of hydrogen-bond donors (Lipinski definition) is 1. The molecule has 0 aliphatic rings. The fourth-order valence-corrected chi connectivity index (χ4v) is 6.87. The standard InChI is InChI=1S/C22H24BrNO5S2/c1-22(2,3)29-14-6-13-24(20-19(23)17-7-4-5-8-18(17)30-20)31(27,28)16-11-9-15(10-12-16)21(25)26/h4-5,7-12H,6,13-14H2,1-3H3,(H,25,26). The Morgan fingerprint density at radius 3 is 2.35 bits per heavy atom. The van der Waals surface area contributed by atoms with Crippen molar-refractivity contribution in [1.82, 2.24) is 0 Å². The first-order valence-electron chi connectivity index (χ1n) is 9.68. The van der Waals surface area contributed by atoms with E-state index >= 15 is 0 Å². The first kappa shape index (κ1) is 23.7. The normalized spacial score (nSPS) is 12.3. The summed E-state index contributed by atoms with van der Waals surface area (Å²) < 4.78 is 36.0. The summed E-state index contributed by atoms with van der Waals surface area (Å²) in [7, 11) is -3.92. The predicted octanol–water partition coefficient (Wildman–Crippen LogP) is 5.76. The summed E-state index contributed by atoms with van der Waals surface area (Å²) >= 11 is 4.97. The Kier molecular flexibility index (Phi) is 7.10. The van der Waals surface area contributed by atoms with Crippen LogP contribution in [0.2, 0.25) is 0 Å². The lowest BCUT2D eigenvalue weighted by Gasteiger charge is -2.25. The van der Waals surface area contributed by atoms with Gasteiger partial charge in [0.15, 0.2) is 0 Å². The summed E-state index contributed by atoms with van der Waals surface area (Å²) in [4.78, 5) is 11.2. The van der Waals surface area contributed by atoms with Crippen LogP contribution in [0.25, 0.3) is 10.1 Å². The van der Waals surface area contributed by atoms with E-state index in [4.69, 9.17) is 9.84 Å². The summed E-state index contributed by atoms with van der Waals surface area (Å²) in [5.74, 6) is -1.10. The van der Waals surface area contributed by atoms with Crippen LogP contribution in [-0.2, 0) is 14.8 Å². The molecule has 9 heteroatoms. The van der Waals surface area contributed by atoms with Gasteiger partial charge in [-0.2, -0.15) is 0 Å². The number of rotatable bonds is 8. The molecule has 0 aliphatic heterocycles. The molecule has 0 spiro atoms. The molecule has 0 bridgehead atoms. The Bertz CT molecular complexity index is 1180. The van der Waals surface area contributed by atoms with E-state index in [1.165, 1.54) is 39.9 Å². The molecule has 3 rings (SSSR count). The zero-order valence-electron chi connectivity index (χ0n) is 17.5. The Balaban J connectivity index is 1.99. The van der Waals surface area contributed by atoms with Gasteiger partial charge in [-0.25, -0.2) is 13.2 Å². The molecular weight excluding hydrogens is 502 g/mol. The second-order valence-electron chi connectivity index (χ2n) is 7.94. The zero-order chi connectivity index (χ0) is 22.8. The number of hydrogen-bond acceptors (Lipinski definition) is 5. The summed E-state index contributed by atoms with van der Waals surface area (Å²) in [6.45, 7) is 6.50. The van der Waals surface area contributed by atoms with Gasteiger partial charge in [-0.15, -0.1) is 11.3 Å². The number of halogens is 1. The number of ether oxygens (including phenoxy) is 1. The summed E-state index contributed by atoms with van der Waals surface area (Å²) in [5, 5.41) is 10.6. The van der Waals surface area contributed by atoms with E-state index in [1.54, 1.807) is 0 Å². The molecule has 0 radical (unpaired) electrons. The molecule has 0 amide bonds. The minimum Gasteiger partial charge on any atom is -0.478 e. The molecule has 2 aromatic carbocycles. The van der Waals surface area contributed by atoms with Crippen LogP contribution in [0.1, 0.15) is 37.6 Å². The van der Waals surface area contributed by atoms with Gasteiger partial charge in [0.2, 0.25) is 0 Å². The van der Waals surface area contributed by atoms with Gasteiger partial charge in [0.05, 0.1) is 20.5 Å². The molecule has 0 fully saturated rings. The van der Waals surface area contributed by atoms with Crippen molar-refractivity contribution in [1.29, 1.82) is 0 Å². The number of carboxylic acids is 1. The highest BCUT2D eigenvalue weighted by atomic mass is 79.9. The molecule has 0 unspecified atom stereocenters. The minimum atomic E-state index is -3.92. The topological polar surface area (TPSA) is 83.9 Å². The fraction of sp³-hybridized carbons (Fsp3) is 0.318. The van der Waals surface area contributed by atoms with Crippen LogP contribution in [0.4, 0.5) is 5.00 Å². The van der Waals surface area contributed by atoms with Crippen molar-refractivity contribution in [3.63, 3.8) is 0 Å². The van der Waals surface area contributed by atoms with Crippen LogP contribution in [0, 0.1) is 0 Å². The molecule has 0 saturated carbocycles. The average molecular weight is 526 g/mol. The van der Waals surface area contributed by atoms with Crippen molar-refractivity contribution < 1.29 is 23.1 Å². The van der Waals surface area contributed by atoms with Crippen molar-refractivity contribution in [2.24, 2.45) is 0 Å². The van der Waals surface area contributed by atoms with Crippen LogP contribution in [0.3, 0.4) is 0 Å². The van der Waals surface area contributed by atoms with Crippen LogP contribution in [-0.4, -0.2) is 38.2 Å². The fourth-order valence-electron chi connectivity index (χ4n) is 2.98. The first-order chi connectivity index (χ1) is 14.5. The number of carbonyl (C=O) groups is 1. The SMILES string of the molecule is CC(C)(C)OCCCN(c1sc2ccccc2c1Br)S(=O)(=O)c1ccc(C(=O)O)cc1. The first-order valence-corrected chi connectivity index (χ1v) is 12.7. The van der Waals surface area contributed by atoms with E-state index in [-0.39, 0.29) is 22.6 Å². The van der Waals surface area contributed by atoms with Crippen molar-refractivity contribution >= 4 is 58.3 Å². The third kappa shape index (κ3) is 5.46. The van der Waals surface area contributed by atoms with E-state index in [0.717, 1.165) is 14.6 Å². The molecule has 1 aromatic heterocycles. The number of aromatic carboxylic acids is 1. The maximum absolute atomic E-state index is 13.6. The van der Waals surface area contributed by atoms with Crippen LogP contribution in [0.5, 0.6) is 0 Å². The van der Waals surface area contributed by atoms with Gasteiger partial charge in [0.1, 0.15) is 5.00 Å². The number of thiophene rings is 1. The second kappa shape index (κ2) is 9.28. The second-order valence-corrected chi connectivity index (χ2v) is 11.6. The Labute approximate surface area is 194 Å². The van der Waals surface area contributed by atoms with Crippen LogP contribution >= 0.6 is 27.3 Å². The number of benzene rings is 2. The largest absolute Gasteiger partial charge is 0.478 e. The highest BCUT2D eigenvalue weighted by Crippen LogP contribution is 2.43. The maximum atomic E-state index is 13.6. The molecule has 166 valence electrons. The van der Waals surface area contributed by atoms with Gasteiger partial charge >= 0.3 is 5.97 Å². The summed E-state index contributed by atoms with van der Waals surface area (Å²) in [6.07, 6.45) is 0.504. The van der Waals surface area contributed by atoms with E-state index in [2.05, 4.69) is 15.9 Å². The van der Waals surface area contributed by atoms with Gasteiger partial charge in [-0.3, -0.25) is 4.31 Å². The van der Waals surface area contributed by atoms with Crippen molar-refractivity contribution in [3.8, 4) is 0 Å². The Morgan fingerprint density at radius 1 is 1.13 bits per heavy atom.